The second kappa shape index (κ2) is 9.78. The van der Waals surface area contributed by atoms with E-state index in [0.29, 0.717) is 24.5 Å². The largest absolute Gasteiger partial charge is 0.491 e. The van der Waals surface area contributed by atoms with Crippen molar-refractivity contribution in [2.24, 2.45) is 0 Å². The molecule has 0 unspecified atom stereocenters. The number of benzene rings is 2. The van der Waals surface area contributed by atoms with E-state index < -0.39 is 23.5 Å². The van der Waals surface area contributed by atoms with Crippen LogP contribution in [0, 0.1) is 11.3 Å². The highest BCUT2D eigenvalue weighted by molar-refractivity contribution is 5.73. The minimum Gasteiger partial charge on any atom is -0.491 e. The topological polar surface area (TPSA) is 86.6 Å². The molecule has 1 aliphatic heterocycles. The Labute approximate surface area is 183 Å². The summed E-state index contributed by atoms with van der Waals surface area (Å²) in [6.45, 7) is 2.69. The fourth-order valence-corrected chi connectivity index (χ4v) is 3.38. The lowest BCUT2D eigenvalue weighted by atomic mass is 10.1. The quantitative estimate of drug-likeness (QED) is 0.705. The van der Waals surface area contributed by atoms with E-state index >= 15 is 0 Å². The van der Waals surface area contributed by atoms with Gasteiger partial charge >= 0.3 is 12.2 Å². The van der Waals surface area contributed by atoms with E-state index in [0.717, 1.165) is 11.6 Å². The number of nitrogens with one attached hydrogen (secondary N) is 2. The monoisotopic (exact) mass is 448 g/mol. The van der Waals surface area contributed by atoms with Crippen molar-refractivity contribution in [2.75, 3.05) is 25.1 Å². The molecular weight excluding hydrogens is 425 g/mol. The molecule has 0 spiro atoms. The molecule has 1 aliphatic rings. The Morgan fingerprint density at radius 3 is 2.62 bits per heavy atom. The van der Waals surface area contributed by atoms with Gasteiger partial charge in [0, 0.05) is 19.3 Å². The maximum absolute atomic E-state index is 13.3. The first-order valence-electron chi connectivity index (χ1n) is 9.92. The van der Waals surface area contributed by atoms with Crippen molar-refractivity contribution in [3.05, 3.63) is 59.2 Å². The molecular formula is C22H23F3N4O3. The van der Waals surface area contributed by atoms with Gasteiger partial charge in [-0.1, -0.05) is 12.1 Å². The Morgan fingerprint density at radius 2 is 2.00 bits per heavy atom. The predicted octanol–water partition coefficient (Wildman–Crippen LogP) is 3.64. The lowest BCUT2D eigenvalue weighted by Crippen LogP contribution is -2.32. The molecule has 2 N–H and O–H groups in total. The van der Waals surface area contributed by atoms with E-state index in [1.165, 1.54) is 19.2 Å². The fraction of sp³-hybridized carbons (Fsp3) is 0.364. The second-order valence-corrected chi connectivity index (χ2v) is 7.24. The molecule has 7 nitrogen and oxygen atoms in total. The Kier molecular flexibility index (Phi) is 7.10. The van der Waals surface area contributed by atoms with Gasteiger partial charge in [0.25, 0.3) is 0 Å². The molecule has 1 fully saturated rings. The van der Waals surface area contributed by atoms with Gasteiger partial charge in [0.2, 0.25) is 0 Å². The van der Waals surface area contributed by atoms with Crippen LogP contribution in [0.3, 0.4) is 0 Å². The van der Waals surface area contributed by atoms with Crippen LogP contribution in [0.2, 0.25) is 0 Å². The molecule has 0 radical (unpaired) electrons. The fourth-order valence-electron chi connectivity index (χ4n) is 3.38. The summed E-state index contributed by atoms with van der Waals surface area (Å²) in [4.78, 5) is 12.9. The predicted molar refractivity (Wildman–Crippen MR) is 111 cm³/mol. The number of nitriles is 1. The standard InChI is InChI=1S/C22H23F3N4O3/c1-14-29(17-6-5-16(10-26)20(9-17)22(23,24)25)12-19(32-14)13-31-18-7-3-15(4-8-18)11-28-21(30)27-2/h3-9,14,19H,11-13H2,1-2H3,(H2,27,28,30)/t14-,19+/m1/s1. The van der Waals surface area contributed by atoms with Gasteiger partial charge in [0.15, 0.2) is 0 Å². The molecule has 10 heteroatoms. The summed E-state index contributed by atoms with van der Waals surface area (Å²) in [5, 5.41) is 14.1. The zero-order valence-electron chi connectivity index (χ0n) is 17.6. The first-order chi connectivity index (χ1) is 15.2. The zero-order valence-corrected chi connectivity index (χ0v) is 17.6. The van der Waals surface area contributed by atoms with E-state index in [4.69, 9.17) is 14.7 Å². The summed E-state index contributed by atoms with van der Waals surface area (Å²) >= 11 is 0. The first-order valence-corrected chi connectivity index (χ1v) is 9.92. The van der Waals surface area contributed by atoms with E-state index in [1.54, 1.807) is 30.0 Å². The van der Waals surface area contributed by atoms with Gasteiger partial charge in [-0.25, -0.2) is 4.79 Å². The van der Waals surface area contributed by atoms with Crippen molar-refractivity contribution in [1.82, 2.24) is 10.6 Å². The Bertz CT molecular complexity index is 989. The summed E-state index contributed by atoms with van der Waals surface area (Å²) in [5.74, 6) is 0.612. The Morgan fingerprint density at radius 1 is 1.28 bits per heavy atom. The minimum absolute atomic E-state index is 0.221. The van der Waals surface area contributed by atoms with Crippen LogP contribution < -0.4 is 20.3 Å². The molecule has 0 saturated carbocycles. The number of nitrogens with zero attached hydrogens (tertiary/aromatic N) is 2. The highest BCUT2D eigenvalue weighted by Crippen LogP contribution is 2.36. The van der Waals surface area contributed by atoms with Crippen molar-refractivity contribution in [2.45, 2.75) is 32.0 Å². The van der Waals surface area contributed by atoms with E-state index in [1.807, 2.05) is 12.1 Å². The number of carbonyl (C=O) groups excluding carboxylic acids is 1. The van der Waals surface area contributed by atoms with Crippen molar-refractivity contribution in [3.63, 3.8) is 0 Å². The molecule has 170 valence electrons. The Balaban J connectivity index is 1.59. The van der Waals surface area contributed by atoms with Gasteiger partial charge in [0.05, 0.1) is 23.7 Å². The molecule has 32 heavy (non-hydrogen) atoms. The van der Waals surface area contributed by atoms with Crippen molar-refractivity contribution >= 4 is 11.7 Å². The average molecular weight is 448 g/mol. The highest BCUT2D eigenvalue weighted by atomic mass is 19.4. The molecule has 2 aromatic carbocycles. The average Bonchev–Trinajstić information content (AvgIpc) is 3.16. The normalized spacial score (nSPS) is 18.2. The van der Waals surface area contributed by atoms with Gasteiger partial charge < -0.3 is 25.0 Å². The number of alkyl halides is 3. The number of ether oxygens (including phenoxy) is 2. The van der Waals surface area contributed by atoms with Gasteiger partial charge in [0.1, 0.15) is 24.7 Å². The van der Waals surface area contributed by atoms with Crippen LogP contribution in [-0.4, -0.2) is 38.6 Å². The highest BCUT2D eigenvalue weighted by Gasteiger charge is 2.36. The number of rotatable bonds is 6. The van der Waals surface area contributed by atoms with Gasteiger partial charge in [-0.05, 0) is 42.8 Å². The molecule has 0 aromatic heterocycles. The summed E-state index contributed by atoms with van der Waals surface area (Å²) in [5.41, 5.74) is -0.142. The van der Waals surface area contributed by atoms with Crippen molar-refractivity contribution in [3.8, 4) is 11.8 Å². The van der Waals surface area contributed by atoms with Crippen LogP contribution in [0.5, 0.6) is 5.75 Å². The molecule has 2 aromatic rings. The number of hydrogen-bond acceptors (Lipinski definition) is 5. The molecule has 3 rings (SSSR count). The molecule has 1 heterocycles. The number of hydrogen-bond donors (Lipinski definition) is 2. The molecule has 2 atom stereocenters. The number of halogens is 3. The lowest BCUT2D eigenvalue weighted by molar-refractivity contribution is -0.137. The van der Waals surface area contributed by atoms with E-state index in [9.17, 15) is 18.0 Å². The SMILES string of the molecule is CNC(=O)NCc1ccc(OC[C@@H]2CN(c3ccc(C#N)c(C(F)(F)F)c3)[C@@H](C)O2)cc1. The number of carbonyl (C=O) groups is 1. The number of amides is 2. The van der Waals surface area contributed by atoms with Crippen LogP contribution in [-0.2, 0) is 17.5 Å². The van der Waals surface area contributed by atoms with Gasteiger partial charge in [-0.3, -0.25) is 0 Å². The number of urea groups is 1. The smallest absolute Gasteiger partial charge is 0.417 e. The first kappa shape index (κ1) is 23.2. The lowest BCUT2D eigenvalue weighted by Gasteiger charge is -2.23. The molecule has 1 saturated heterocycles. The second-order valence-electron chi connectivity index (χ2n) is 7.24. The van der Waals surface area contributed by atoms with Crippen LogP contribution in [0.4, 0.5) is 23.7 Å². The summed E-state index contributed by atoms with van der Waals surface area (Å²) < 4.78 is 51.4. The zero-order chi connectivity index (χ0) is 23.3. The van der Waals surface area contributed by atoms with Crippen LogP contribution in [0.15, 0.2) is 42.5 Å². The van der Waals surface area contributed by atoms with Crippen LogP contribution in [0.25, 0.3) is 0 Å². The third kappa shape index (κ3) is 5.62. The third-order valence-electron chi connectivity index (χ3n) is 5.03. The maximum Gasteiger partial charge on any atom is 0.417 e. The summed E-state index contributed by atoms with van der Waals surface area (Å²) in [6.07, 6.45) is -5.41. The van der Waals surface area contributed by atoms with Crippen LogP contribution >= 0.6 is 0 Å². The molecule has 0 bridgehead atoms. The van der Waals surface area contributed by atoms with Gasteiger partial charge in [-0.2, -0.15) is 18.4 Å². The number of anilines is 1. The summed E-state index contributed by atoms with van der Waals surface area (Å²) in [6, 6.07) is 12.1. The van der Waals surface area contributed by atoms with Crippen molar-refractivity contribution in [1.29, 1.82) is 5.26 Å². The van der Waals surface area contributed by atoms with Crippen LogP contribution in [0.1, 0.15) is 23.6 Å². The van der Waals surface area contributed by atoms with Gasteiger partial charge in [-0.15, -0.1) is 0 Å². The molecule has 0 aliphatic carbocycles. The summed E-state index contributed by atoms with van der Waals surface area (Å²) in [7, 11) is 1.54. The third-order valence-corrected chi connectivity index (χ3v) is 5.03. The molecule has 2 amide bonds. The van der Waals surface area contributed by atoms with E-state index in [2.05, 4.69) is 10.6 Å². The Hall–Kier alpha value is -3.45. The van der Waals surface area contributed by atoms with E-state index in [-0.39, 0.29) is 18.7 Å². The minimum atomic E-state index is -4.62. The maximum atomic E-state index is 13.3. The van der Waals surface area contributed by atoms with Crippen molar-refractivity contribution < 1.29 is 27.4 Å².